The van der Waals surface area contributed by atoms with Gasteiger partial charge in [0.15, 0.2) is 11.4 Å². The van der Waals surface area contributed by atoms with Crippen LogP contribution in [0, 0.1) is 0 Å². The van der Waals surface area contributed by atoms with Crippen LogP contribution < -0.4 is 19.5 Å². The first-order valence-electron chi connectivity index (χ1n) is 12.0. The molecule has 1 aromatic carbocycles. The van der Waals surface area contributed by atoms with E-state index in [1.165, 1.54) is 14.2 Å². The number of nitrogens with one attached hydrogen (secondary N) is 1. The fourth-order valence-electron chi connectivity index (χ4n) is 4.52. The summed E-state index contributed by atoms with van der Waals surface area (Å²) in [5.41, 5.74) is 2.41. The van der Waals surface area contributed by atoms with Gasteiger partial charge in [-0.1, -0.05) is 0 Å². The lowest BCUT2D eigenvalue weighted by molar-refractivity contribution is -0.137. The summed E-state index contributed by atoms with van der Waals surface area (Å²) in [7, 11) is 3.05. The van der Waals surface area contributed by atoms with Gasteiger partial charge in [-0.3, -0.25) is 10.1 Å². The number of hydrogen-bond acceptors (Lipinski definition) is 9. The number of hydrogen-bond donors (Lipinski definition) is 1. The van der Waals surface area contributed by atoms with Crippen LogP contribution in [0.25, 0.3) is 16.8 Å². The van der Waals surface area contributed by atoms with Crippen molar-refractivity contribution in [2.24, 2.45) is 0 Å². The number of anilines is 1. The minimum Gasteiger partial charge on any atom is -0.492 e. The first-order valence-corrected chi connectivity index (χ1v) is 12.0. The monoisotopic (exact) mass is 511 g/mol. The Kier molecular flexibility index (Phi) is 6.74. The molecule has 2 atom stereocenters. The number of rotatable bonds is 4. The van der Waals surface area contributed by atoms with E-state index in [1.807, 2.05) is 6.07 Å². The van der Waals surface area contributed by atoms with E-state index in [0.717, 1.165) is 0 Å². The second-order valence-corrected chi connectivity index (χ2v) is 9.07. The number of carbonyl (C=O) groups is 2. The molecule has 0 spiro atoms. The van der Waals surface area contributed by atoms with E-state index in [4.69, 9.17) is 28.7 Å². The zero-order valence-corrected chi connectivity index (χ0v) is 21.1. The van der Waals surface area contributed by atoms with Gasteiger partial charge in [0.2, 0.25) is 0 Å². The van der Waals surface area contributed by atoms with Crippen LogP contribution in [0.3, 0.4) is 0 Å². The molecule has 0 saturated carbocycles. The molecular weight excluding hydrogens is 482 g/mol. The van der Waals surface area contributed by atoms with Crippen LogP contribution in [-0.4, -0.2) is 83.7 Å². The van der Waals surface area contributed by atoms with Crippen molar-refractivity contribution in [3.05, 3.63) is 30.6 Å². The van der Waals surface area contributed by atoms with E-state index in [-0.39, 0.29) is 37.1 Å². The number of amides is 2. The lowest BCUT2D eigenvalue weighted by Gasteiger charge is -2.25. The molecule has 4 bridgehead atoms. The van der Waals surface area contributed by atoms with Gasteiger partial charge < -0.3 is 28.6 Å². The second-order valence-electron chi connectivity index (χ2n) is 9.07. The third-order valence-electron chi connectivity index (χ3n) is 6.24. The number of carbonyl (C=O) groups excluding carboxylic acids is 2. The molecule has 37 heavy (non-hydrogen) atoms. The highest BCUT2D eigenvalue weighted by molar-refractivity contribution is 5.88. The summed E-state index contributed by atoms with van der Waals surface area (Å²) in [6.45, 7) is 4.32. The van der Waals surface area contributed by atoms with Crippen LogP contribution in [0.1, 0.15) is 20.3 Å². The Morgan fingerprint density at radius 1 is 1.22 bits per heavy atom. The van der Waals surface area contributed by atoms with Crippen LogP contribution in [0.5, 0.6) is 17.4 Å². The van der Waals surface area contributed by atoms with Gasteiger partial charge in [0.1, 0.15) is 25.1 Å². The van der Waals surface area contributed by atoms with Crippen molar-refractivity contribution in [2.75, 3.05) is 39.3 Å². The number of ether oxygens (including phenoxy) is 5. The van der Waals surface area contributed by atoms with Gasteiger partial charge in [-0.15, -0.1) is 0 Å². The zero-order chi connectivity index (χ0) is 26.1. The quantitative estimate of drug-likeness (QED) is 0.563. The van der Waals surface area contributed by atoms with Crippen molar-refractivity contribution in [3.63, 3.8) is 0 Å². The molecule has 0 aliphatic carbocycles. The standard InChI is InChI=1S/C25H29N5O7/c1-14(2)37-25(32)27-16-7-15-8-18(9-16)35-6-5-29-17(10-20(33-3)24(29)31)13-36-23-21(34-4)12-30-22(28-23)19(15)11-26-30/h7-9,11-12,14,17,20H,5-6,10,13H2,1-4H3,(H,27,32)/t17-,20+/m0/s1. The molecular formula is C25H29N5O7. The average molecular weight is 512 g/mol. The number of benzene rings is 1. The minimum absolute atomic E-state index is 0.118. The Morgan fingerprint density at radius 3 is 2.81 bits per heavy atom. The van der Waals surface area contributed by atoms with E-state index in [1.54, 1.807) is 47.8 Å². The number of nitrogens with zero attached hydrogens (tertiary/aromatic N) is 4. The van der Waals surface area contributed by atoms with Gasteiger partial charge in [-0.2, -0.15) is 10.1 Å². The van der Waals surface area contributed by atoms with Crippen LogP contribution >= 0.6 is 0 Å². The second kappa shape index (κ2) is 10.1. The summed E-state index contributed by atoms with van der Waals surface area (Å²) in [4.78, 5) is 31.6. The van der Waals surface area contributed by atoms with Crippen LogP contribution in [0.2, 0.25) is 0 Å². The zero-order valence-electron chi connectivity index (χ0n) is 21.1. The Morgan fingerprint density at radius 2 is 2.05 bits per heavy atom. The number of methoxy groups -OCH3 is 2. The maximum absolute atomic E-state index is 12.9. The Balaban J connectivity index is 1.58. The molecule has 1 saturated heterocycles. The summed E-state index contributed by atoms with van der Waals surface area (Å²) in [6.07, 6.45) is 2.44. The van der Waals surface area contributed by atoms with Gasteiger partial charge in [-0.25, -0.2) is 9.31 Å². The molecule has 1 N–H and O–H groups in total. The molecule has 2 amide bonds. The Labute approximate surface area is 213 Å². The van der Waals surface area contributed by atoms with Crippen LogP contribution in [-0.2, 0) is 14.3 Å². The van der Waals surface area contributed by atoms with E-state index in [9.17, 15) is 9.59 Å². The summed E-state index contributed by atoms with van der Waals surface area (Å²) in [6, 6.07) is 5.09. The molecule has 5 rings (SSSR count). The Bertz CT molecular complexity index is 1320. The van der Waals surface area contributed by atoms with Crippen molar-refractivity contribution < 1.29 is 33.3 Å². The van der Waals surface area contributed by atoms with Gasteiger partial charge in [0.05, 0.1) is 38.2 Å². The van der Waals surface area contributed by atoms with Gasteiger partial charge >= 0.3 is 6.09 Å². The maximum Gasteiger partial charge on any atom is 0.411 e. The Hall–Kier alpha value is -4.06. The molecule has 0 unspecified atom stereocenters. The van der Waals surface area contributed by atoms with Crippen molar-refractivity contribution >= 4 is 23.3 Å². The van der Waals surface area contributed by atoms with Gasteiger partial charge in [0, 0.05) is 30.8 Å². The van der Waals surface area contributed by atoms with Gasteiger partial charge in [0.25, 0.3) is 11.8 Å². The molecule has 12 nitrogen and oxygen atoms in total. The lowest BCUT2D eigenvalue weighted by atomic mass is 10.1. The van der Waals surface area contributed by atoms with Crippen molar-refractivity contribution in [2.45, 2.75) is 38.5 Å². The van der Waals surface area contributed by atoms with Crippen molar-refractivity contribution in [3.8, 4) is 28.5 Å². The summed E-state index contributed by atoms with van der Waals surface area (Å²) >= 11 is 0. The molecule has 12 heteroatoms. The van der Waals surface area contributed by atoms with Crippen molar-refractivity contribution in [1.82, 2.24) is 19.5 Å². The summed E-state index contributed by atoms with van der Waals surface area (Å²) in [5, 5.41) is 7.17. The smallest absolute Gasteiger partial charge is 0.411 e. The summed E-state index contributed by atoms with van der Waals surface area (Å²) in [5.74, 6) is 1.08. The molecule has 0 radical (unpaired) electrons. The molecule has 2 aromatic heterocycles. The largest absolute Gasteiger partial charge is 0.492 e. The predicted octanol–water partition coefficient (Wildman–Crippen LogP) is 2.75. The van der Waals surface area contributed by atoms with E-state index >= 15 is 0 Å². The third kappa shape index (κ3) is 4.96. The lowest BCUT2D eigenvalue weighted by Crippen LogP contribution is -2.40. The molecule has 1 fully saturated rings. The van der Waals surface area contributed by atoms with Crippen LogP contribution in [0.15, 0.2) is 30.6 Å². The molecule has 3 aromatic rings. The van der Waals surface area contributed by atoms with Crippen LogP contribution in [0.4, 0.5) is 10.5 Å². The highest BCUT2D eigenvalue weighted by Gasteiger charge is 2.40. The highest BCUT2D eigenvalue weighted by atomic mass is 16.6. The van der Waals surface area contributed by atoms with Crippen molar-refractivity contribution in [1.29, 1.82) is 0 Å². The fourth-order valence-corrected chi connectivity index (χ4v) is 4.52. The molecule has 2 aliphatic rings. The van der Waals surface area contributed by atoms with Gasteiger partial charge in [-0.05, 0) is 31.5 Å². The first kappa shape index (κ1) is 24.6. The maximum atomic E-state index is 12.9. The fraction of sp³-hybridized carbons (Fsp3) is 0.440. The van der Waals surface area contributed by atoms with E-state index < -0.39 is 12.2 Å². The molecule has 2 aliphatic heterocycles. The number of aromatic nitrogens is 3. The predicted molar refractivity (Wildman–Crippen MR) is 132 cm³/mol. The molecule has 4 heterocycles. The first-order chi connectivity index (χ1) is 17.9. The van der Waals surface area contributed by atoms with E-state index in [0.29, 0.717) is 46.9 Å². The normalized spacial score (nSPS) is 19.3. The summed E-state index contributed by atoms with van der Waals surface area (Å²) < 4.78 is 29.8. The van der Waals surface area contributed by atoms with E-state index in [2.05, 4.69) is 10.4 Å². The minimum atomic E-state index is -0.581. The third-order valence-corrected chi connectivity index (χ3v) is 6.24. The topological polar surface area (TPSA) is 126 Å². The number of fused-ring (bicyclic) bond motifs is 5. The SMILES string of the molecule is COc1cn2ncc3c2nc1OC[C@@H]1C[C@@H](OC)C(=O)N1CCOc1cc(NC(=O)OC(C)C)cc-3c1. The molecule has 196 valence electrons. The average Bonchev–Trinajstić information content (AvgIpc) is 3.41. The highest BCUT2D eigenvalue weighted by Crippen LogP contribution is 2.34.